The number of amides is 2. The lowest BCUT2D eigenvalue weighted by Crippen LogP contribution is -2.42. The van der Waals surface area contributed by atoms with Gasteiger partial charge in [0.25, 0.3) is 0 Å². The van der Waals surface area contributed by atoms with Gasteiger partial charge in [-0.1, -0.05) is 0 Å². The van der Waals surface area contributed by atoms with Crippen LogP contribution in [0.4, 0.5) is 4.79 Å². The van der Waals surface area contributed by atoms with Crippen LogP contribution in [0, 0.1) is 0 Å². The van der Waals surface area contributed by atoms with E-state index >= 15 is 0 Å². The van der Waals surface area contributed by atoms with Gasteiger partial charge in [0.1, 0.15) is 0 Å². The lowest BCUT2D eigenvalue weighted by Gasteiger charge is -2.26. The molecule has 0 bridgehead atoms. The molecule has 1 aliphatic heterocycles. The summed E-state index contributed by atoms with van der Waals surface area (Å²) in [6.45, 7) is 1.06. The minimum Gasteiger partial charge on any atom is -0.351 e. The van der Waals surface area contributed by atoms with Gasteiger partial charge in [-0.25, -0.2) is 9.90 Å². The van der Waals surface area contributed by atoms with Crippen LogP contribution in [0.3, 0.4) is 0 Å². The van der Waals surface area contributed by atoms with Crippen molar-refractivity contribution in [3.05, 3.63) is 0 Å². The highest BCUT2D eigenvalue weighted by Crippen LogP contribution is 2.09. The SMILES string of the molecule is NC(=O)N1CCC([O])CC1. The quantitative estimate of drug-likeness (QED) is 0.508. The third kappa shape index (κ3) is 1.60. The van der Waals surface area contributed by atoms with Crippen LogP contribution in [0.15, 0.2) is 0 Å². The molecule has 1 heterocycles. The summed E-state index contributed by atoms with van der Waals surface area (Å²) in [5.41, 5.74) is 5.00. The summed E-state index contributed by atoms with van der Waals surface area (Å²) in [7, 11) is 0. The number of carbonyl (C=O) groups is 1. The van der Waals surface area contributed by atoms with Gasteiger partial charge in [-0.05, 0) is 12.8 Å². The summed E-state index contributed by atoms with van der Waals surface area (Å²) < 4.78 is 0. The number of piperidine rings is 1. The van der Waals surface area contributed by atoms with Crippen molar-refractivity contribution in [1.29, 1.82) is 0 Å². The van der Waals surface area contributed by atoms with Crippen LogP contribution in [0.2, 0.25) is 0 Å². The first-order valence-corrected chi connectivity index (χ1v) is 3.40. The van der Waals surface area contributed by atoms with Crippen molar-refractivity contribution < 1.29 is 9.90 Å². The van der Waals surface area contributed by atoms with Gasteiger partial charge in [0.05, 0.1) is 6.10 Å². The number of hydrogen-bond acceptors (Lipinski definition) is 1. The molecular formula is C6H11N2O2. The summed E-state index contributed by atoms with van der Waals surface area (Å²) in [5.74, 6) is 0. The molecule has 0 saturated carbocycles. The fourth-order valence-electron chi connectivity index (χ4n) is 1.08. The molecule has 10 heavy (non-hydrogen) atoms. The first kappa shape index (κ1) is 7.34. The number of hydrogen-bond donors (Lipinski definition) is 1. The van der Waals surface area contributed by atoms with Crippen molar-refractivity contribution in [2.75, 3.05) is 13.1 Å². The predicted octanol–water partition coefficient (Wildman–Crippen LogP) is -0.0400. The molecule has 0 aromatic heterocycles. The minimum absolute atomic E-state index is 0.410. The zero-order chi connectivity index (χ0) is 7.56. The second-order valence-electron chi connectivity index (χ2n) is 2.52. The van der Waals surface area contributed by atoms with E-state index in [2.05, 4.69) is 0 Å². The van der Waals surface area contributed by atoms with E-state index in [1.54, 1.807) is 0 Å². The third-order valence-electron chi connectivity index (χ3n) is 1.75. The molecule has 0 aromatic rings. The Labute approximate surface area is 59.6 Å². The second kappa shape index (κ2) is 2.88. The topological polar surface area (TPSA) is 66.2 Å². The van der Waals surface area contributed by atoms with Crippen molar-refractivity contribution in [1.82, 2.24) is 4.90 Å². The van der Waals surface area contributed by atoms with Gasteiger partial charge in [0, 0.05) is 13.1 Å². The van der Waals surface area contributed by atoms with Crippen molar-refractivity contribution >= 4 is 6.03 Å². The molecule has 0 aliphatic carbocycles. The van der Waals surface area contributed by atoms with Gasteiger partial charge < -0.3 is 10.6 Å². The van der Waals surface area contributed by atoms with Crippen LogP contribution in [0.5, 0.6) is 0 Å². The van der Waals surface area contributed by atoms with E-state index in [4.69, 9.17) is 5.73 Å². The summed E-state index contributed by atoms with van der Waals surface area (Å²) in [6, 6.07) is -0.410. The van der Waals surface area contributed by atoms with Crippen molar-refractivity contribution in [3.8, 4) is 0 Å². The van der Waals surface area contributed by atoms with Crippen LogP contribution in [0.25, 0.3) is 0 Å². The Bertz CT molecular complexity index is 130. The summed E-state index contributed by atoms with van der Waals surface area (Å²) in [4.78, 5) is 12.0. The highest BCUT2D eigenvalue weighted by atomic mass is 16.3. The molecule has 1 saturated heterocycles. The van der Waals surface area contributed by atoms with Gasteiger partial charge in [-0.2, -0.15) is 0 Å². The average Bonchev–Trinajstić information content (AvgIpc) is 1.88. The van der Waals surface area contributed by atoms with E-state index in [9.17, 15) is 9.90 Å². The maximum Gasteiger partial charge on any atom is 0.314 e. The number of likely N-dealkylation sites (tertiary alicyclic amines) is 1. The van der Waals surface area contributed by atoms with Crippen LogP contribution >= 0.6 is 0 Å². The predicted molar refractivity (Wildman–Crippen MR) is 34.9 cm³/mol. The first-order valence-electron chi connectivity index (χ1n) is 3.40. The van der Waals surface area contributed by atoms with Crippen LogP contribution in [-0.4, -0.2) is 30.1 Å². The highest BCUT2D eigenvalue weighted by molar-refractivity contribution is 5.72. The van der Waals surface area contributed by atoms with Gasteiger partial charge in [-0.15, -0.1) is 0 Å². The Morgan fingerprint density at radius 2 is 1.90 bits per heavy atom. The number of primary amides is 1. The zero-order valence-corrected chi connectivity index (χ0v) is 5.75. The van der Waals surface area contributed by atoms with Crippen molar-refractivity contribution in [3.63, 3.8) is 0 Å². The molecule has 0 aromatic carbocycles. The molecule has 1 fully saturated rings. The molecule has 0 unspecified atom stereocenters. The van der Waals surface area contributed by atoms with Crippen LogP contribution < -0.4 is 5.73 Å². The molecule has 0 atom stereocenters. The summed E-state index contributed by atoms with van der Waals surface area (Å²) in [5, 5.41) is 10.7. The Kier molecular flexibility index (Phi) is 2.11. The molecule has 1 aliphatic rings. The van der Waals surface area contributed by atoms with Gasteiger partial charge in [0.2, 0.25) is 0 Å². The summed E-state index contributed by atoms with van der Waals surface area (Å²) >= 11 is 0. The van der Waals surface area contributed by atoms with Crippen molar-refractivity contribution in [2.45, 2.75) is 18.9 Å². The fourth-order valence-corrected chi connectivity index (χ4v) is 1.08. The number of urea groups is 1. The normalized spacial score (nSPS) is 21.1. The molecular weight excluding hydrogens is 132 g/mol. The first-order chi connectivity index (χ1) is 4.70. The maximum absolute atomic E-state index is 10.7. The molecule has 1 rings (SSSR count). The minimum atomic E-state index is -0.490. The largest absolute Gasteiger partial charge is 0.351 e. The van der Waals surface area contributed by atoms with E-state index in [0.29, 0.717) is 25.9 Å². The van der Waals surface area contributed by atoms with E-state index in [1.165, 1.54) is 4.90 Å². The molecule has 2 amide bonds. The van der Waals surface area contributed by atoms with Crippen LogP contribution in [0.1, 0.15) is 12.8 Å². The highest BCUT2D eigenvalue weighted by Gasteiger charge is 2.19. The Balaban J connectivity index is 2.33. The third-order valence-corrected chi connectivity index (χ3v) is 1.75. The fraction of sp³-hybridized carbons (Fsp3) is 0.833. The van der Waals surface area contributed by atoms with E-state index < -0.39 is 12.1 Å². The lowest BCUT2D eigenvalue weighted by atomic mass is 10.1. The van der Waals surface area contributed by atoms with Gasteiger partial charge >= 0.3 is 6.03 Å². The monoisotopic (exact) mass is 143 g/mol. The molecule has 4 heteroatoms. The number of carbonyl (C=O) groups excluding carboxylic acids is 1. The Hall–Kier alpha value is -0.770. The number of nitrogens with two attached hydrogens (primary N) is 1. The van der Waals surface area contributed by atoms with E-state index in [-0.39, 0.29) is 0 Å². The summed E-state index contributed by atoms with van der Waals surface area (Å²) in [6.07, 6.45) is 0.599. The number of rotatable bonds is 0. The Morgan fingerprint density at radius 3 is 2.30 bits per heavy atom. The molecule has 57 valence electrons. The van der Waals surface area contributed by atoms with Gasteiger partial charge in [0.15, 0.2) is 0 Å². The molecule has 0 spiro atoms. The van der Waals surface area contributed by atoms with E-state index in [1.807, 2.05) is 0 Å². The van der Waals surface area contributed by atoms with Crippen molar-refractivity contribution in [2.24, 2.45) is 5.73 Å². The van der Waals surface area contributed by atoms with E-state index in [0.717, 1.165) is 0 Å². The Morgan fingerprint density at radius 1 is 1.40 bits per heavy atom. The average molecular weight is 143 g/mol. The standard InChI is InChI=1S/C6H11N2O2/c7-6(10)8-3-1-5(9)2-4-8/h5H,1-4H2,(H2,7,10). The lowest BCUT2D eigenvalue weighted by molar-refractivity contribution is 0.0382. The molecule has 4 nitrogen and oxygen atoms in total. The van der Waals surface area contributed by atoms with Gasteiger partial charge in [-0.3, -0.25) is 0 Å². The second-order valence-corrected chi connectivity index (χ2v) is 2.52. The maximum atomic E-state index is 10.7. The van der Waals surface area contributed by atoms with Crippen LogP contribution in [-0.2, 0) is 5.11 Å². The molecule has 1 radical (unpaired) electrons. The smallest absolute Gasteiger partial charge is 0.314 e. The molecule has 2 N–H and O–H groups in total. The zero-order valence-electron chi connectivity index (χ0n) is 5.75. The number of nitrogens with zero attached hydrogens (tertiary/aromatic N) is 1.